The first-order valence-electron chi connectivity index (χ1n) is 10.8. The highest BCUT2D eigenvalue weighted by Gasteiger charge is 2.25. The molecule has 166 valence electrons. The normalized spacial score (nSPS) is 15.9. The second-order valence-electron chi connectivity index (χ2n) is 7.55. The van der Waals surface area contributed by atoms with Gasteiger partial charge >= 0.3 is 6.03 Å². The van der Waals surface area contributed by atoms with Crippen molar-refractivity contribution in [1.82, 2.24) is 10.2 Å². The number of anilines is 1. The maximum Gasteiger partial charge on any atom is 0.321 e. The number of carbonyl (C=O) groups excluding carboxylic acids is 2. The van der Waals surface area contributed by atoms with Crippen molar-refractivity contribution in [2.24, 2.45) is 0 Å². The van der Waals surface area contributed by atoms with E-state index in [4.69, 9.17) is 9.47 Å². The van der Waals surface area contributed by atoms with E-state index in [1.807, 2.05) is 60.4 Å². The number of methoxy groups -OCH3 is 1. The summed E-state index contributed by atoms with van der Waals surface area (Å²) in [4.78, 5) is 27.0. The highest BCUT2D eigenvalue weighted by Crippen LogP contribution is 2.28. The van der Waals surface area contributed by atoms with Crippen LogP contribution in [0.3, 0.4) is 0 Å². The lowest BCUT2D eigenvalue weighted by molar-refractivity contribution is 0.0937. The average Bonchev–Trinajstić information content (AvgIpc) is 2.81. The van der Waals surface area contributed by atoms with E-state index in [1.165, 1.54) is 0 Å². The van der Waals surface area contributed by atoms with Crippen molar-refractivity contribution in [3.8, 4) is 5.75 Å². The van der Waals surface area contributed by atoms with Crippen LogP contribution in [0.15, 0.2) is 48.5 Å². The molecule has 0 unspecified atom stereocenters. The zero-order valence-electron chi connectivity index (χ0n) is 18.2. The fraction of sp³-hybridized carbons (Fsp3) is 0.417. The maximum atomic E-state index is 12.8. The molecule has 0 aliphatic carbocycles. The Morgan fingerprint density at radius 2 is 1.97 bits per heavy atom. The van der Waals surface area contributed by atoms with E-state index >= 15 is 0 Å². The third-order valence-electron chi connectivity index (χ3n) is 5.34. The molecule has 1 heterocycles. The van der Waals surface area contributed by atoms with Gasteiger partial charge in [0, 0.05) is 43.9 Å². The summed E-state index contributed by atoms with van der Waals surface area (Å²) >= 11 is 0. The molecule has 1 aliphatic heterocycles. The molecule has 2 aromatic carbocycles. The molecule has 0 aromatic heterocycles. The number of nitrogens with one attached hydrogen (secondary N) is 2. The van der Waals surface area contributed by atoms with Crippen molar-refractivity contribution in [3.05, 3.63) is 59.7 Å². The Balaban J connectivity index is 1.60. The van der Waals surface area contributed by atoms with E-state index in [0.29, 0.717) is 31.9 Å². The molecule has 0 spiro atoms. The van der Waals surface area contributed by atoms with E-state index in [9.17, 15) is 9.59 Å². The summed E-state index contributed by atoms with van der Waals surface area (Å²) in [5.41, 5.74) is 2.45. The minimum absolute atomic E-state index is 0.109. The lowest BCUT2D eigenvalue weighted by Gasteiger charge is -2.33. The van der Waals surface area contributed by atoms with Crippen molar-refractivity contribution >= 4 is 17.6 Å². The van der Waals surface area contributed by atoms with Gasteiger partial charge in [-0.15, -0.1) is 0 Å². The molecule has 31 heavy (non-hydrogen) atoms. The first kappa shape index (κ1) is 22.6. The molecule has 3 amide bonds. The lowest BCUT2D eigenvalue weighted by atomic mass is 9.89. The standard InChI is InChI=1S/C24H31N3O4/c1-3-31-22-11-9-21(10-12-22)26-24(29)27-14-5-8-20(17-27)18-6-4-7-19(16-18)23(28)25-13-15-30-2/h4,6-7,9-12,16,20H,3,5,8,13-15,17H2,1-2H3,(H,25,28)(H,26,29)/t20-/m0/s1. The van der Waals surface area contributed by atoms with Crippen LogP contribution in [0, 0.1) is 0 Å². The summed E-state index contributed by atoms with van der Waals surface area (Å²) in [5, 5.41) is 5.82. The van der Waals surface area contributed by atoms with Crippen LogP contribution in [0.5, 0.6) is 5.75 Å². The Morgan fingerprint density at radius 1 is 1.16 bits per heavy atom. The highest BCUT2D eigenvalue weighted by atomic mass is 16.5. The van der Waals surface area contributed by atoms with Crippen molar-refractivity contribution < 1.29 is 19.1 Å². The first-order chi connectivity index (χ1) is 15.1. The quantitative estimate of drug-likeness (QED) is 0.629. The van der Waals surface area contributed by atoms with Gasteiger partial charge in [0.15, 0.2) is 0 Å². The van der Waals surface area contributed by atoms with Gasteiger partial charge in [0.25, 0.3) is 5.91 Å². The Labute approximate surface area is 183 Å². The molecule has 1 saturated heterocycles. The van der Waals surface area contributed by atoms with Crippen LogP contribution in [0.4, 0.5) is 10.5 Å². The van der Waals surface area contributed by atoms with Gasteiger partial charge in [-0.05, 0) is 61.7 Å². The van der Waals surface area contributed by atoms with E-state index in [-0.39, 0.29) is 17.9 Å². The number of hydrogen-bond acceptors (Lipinski definition) is 4. The van der Waals surface area contributed by atoms with E-state index in [2.05, 4.69) is 10.6 Å². The predicted octanol–water partition coefficient (Wildman–Crippen LogP) is 3.87. The number of ether oxygens (including phenoxy) is 2. The van der Waals surface area contributed by atoms with Crippen LogP contribution >= 0.6 is 0 Å². The number of likely N-dealkylation sites (tertiary alicyclic amines) is 1. The largest absolute Gasteiger partial charge is 0.494 e. The average molecular weight is 426 g/mol. The molecule has 1 atom stereocenters. The van der Waals surface area contributed by atoms with Gasteiger partial charge in [0.1, 0.15) is 5.75 Å². The molecule has 2 N–H and O–H groups in total. The van der Waals surface area contributed by atoms with Crippen LogP contribution in [0.2, 0.25) is 0 Å². The van der Waals surface area contributed by atoms with Gasteiger partial charge in [-0.2, -0.15) is 0 Å². The van der Waals surface area contributed by atoms with E-state index in [1.54, 1.807) is 7.11 Å². The van der Waals surface area contributed by atoms with Crippen molar-refractivity contribution in [2.75, 3.05) is 45.3 Å². The second kappa shape index (κ2) is 11.4. The SMILES string of the molecule is CCOc1ccc(NC(=O)N2CCC[C@H](c3cccc(C(=O)NCCOC)c3)C2)cc1. The van der Waals surface area contributed by atoms with Gasteiger partial charge in [-0.25, -0.2) is 4.79 Å². The summed E-state index contributed by atoms with van der Waals surface area (Å²) in [7, 11) is 1.60. The van der Waals surface area contributed by atoms with Gasteiger partial charge < -0.3 is 25.0 Å². The third kappa shape index (κ3) is 6.46. The van der Waals surface area contributed by atoms with Crippen LogP contribution in [0.1, 0.15) is 41.6 Å². The smallest absolute Gasteiger partial charge is 0.321 e. The maximum absolute atomic E-state index is 12.8. The minimum atomic E-state index is -0.111. The zero-order chi connectivity index (χ0) is 22.1. The molecule has 2 aromatic rings. The number of amides is 3. The minimum Gasteiger partial charge on any atom is -0.494 e. The van der Waals surface area contributed by atoms with Crippen molar-refractivity contribution in [2.45, 2.75) is 25.7 Å². The topological polar surface area (TPSA) is 79.9 Å². The Hall–Kier alpha value is -3.06. The molecule has 1 aliphatic rings. The Kier molecular flexibility index (Phi) is 8.29. The monoisotopic (exact) mass is 425 g/mol. The van der Waals surface area contributed by atoms with Crippen molar-refractivity contribution in [1.29, 1.82) is 0 Å². The first-order valence-corrected chi connectivity index (χ1v) is 10.8. The molecule has 7 nitrogen and oxygen atoms in total. The number of hydrogen-bond donors (Lipinski definition) is 2. The summed E-state index contributed by atoms with van der Waals surface area (Å²) in [6.07, 6.45) is 1.91. The predicted molar refractivity (Wildman–Crippen MR) is 121 cm³/mol. The van der Waals surface area contributed by atoms with E-state index in [0.717, 1.165) is 36.4 Å². The van der Waals surface area contributed by atoms with Crippen LogP contribution in [-0.2, 0) is 4.74 Å². The number of nitrogens with zero attached hydrogens (tertiary/aromatic N) is 1. The fourth-order valence-electron chi connectivity index (χ4n) is 3.74. The molecule has 0 saturated carbocycles. The number of piperidine rings is 1. The third-order valence-corrected chi connectivity index (χ3v) is 5.34. The molecular weight excluding hydrogens is 394 g/mol. The number of urea groups is 1. The van der Waals surface area contributed by atoms with Crippen LogP contribution in [0.25, 0.3) is 0 Å². The lowest BCUT2D eigenvalue weighted by Crippen LogP contribution is -2.41. The van der Waals surface area contributed by atoms with Gasteiger partial charge in [0.2, 0.25) is 0 Å². The molecular formula is C24H31N3O4. The summed E-state index contributed by atoms with van der Waals surface area (Å²) in [5.74, 6) is 0.871. The fourth-order valence-corrected chi connectivity index (χ4v) is 3.74. The Morgan fingerprint density at radius 3 is 2.71 bits per heavy atom. The molecule has 1 fully saturated rings. The zero-order valence-corrected chi connectivity index (χ0v) is 18.2. The molecule has 7 heteroatoms. The number of carbonyl (C=O) groups is 2. The summed E-state index contributed by atoms with van der Waals surface area (Å²) < 4.78 is 10.4. The number of benzene rings is 2. The van der Waals surface area contributed by atoms with Gasteiger partial charge in [0.05, 0.1) is 13.2 Å². The highest BCUT2D eigenvalue weighted by molar-refractivity contribution is 5.94. The van der Waals surface area contributed by atoms with Crippen molar-refractivity contribution in [3.63, 3.8) is 0 Å². The van der Waals surface area contributed by atoms with Crippen LogP contribution in [-0.4, -0.2) is 56.8 Å². The van der Waals surface area contributed by atoms with Gasteiger partial charge in [-0.3, -0.25) is 4.79 Å². The second-order valence-corrected chi connectivity index (χ2v) is 7.55. The van der Waals surface area contributed by atoms with E-state index < -0.39 is 0 Å². The van der Waals surface area contributed by atoms with Crippen LogP contribution < -0.4 is 15.4 Å². The van der Waals surface area contributed by atoms with Gasteiger partial charge in [-0.1, -0.05) is 12.1 Å². The summed E-state index contributed by atoms with van der Waals surface area (Å²) in [6.45, 7) is 4.84. The summed E-state index contributed by atoms with van der Waals surface area (Å²) in [6, 6.07) is 15.0. The molecule has 0 bridgehead atoms. The molecule has 3 rings (SSSR count). The number of rotatable bonds is 8. The molecule has 0 radical (unpaired) electrons. The Bertz CT molecular complexity index is 869.